The zero-order valence-corrected chi connectivity index (χ0v) is 33.7. The standard InChI is InChI=1S/C57H42N2O/c1-57(2)49-20-9-6-15-40(49)41-29-27-39(34-50(41)57)58(37-25-23-36(24-26-37)35-13-4-3-5-14-35)38-28-32-52-48(33-38)44-30-31-46-43-17-8-11-22-53(43)60-56(46)54(44)47-19-12-18-45-42-16-7-10-21-51(42)59(52)55(45)47/h3-8,10-19,21-34,47,55H,9,20H2,1-2H3. The number of fused-ring (bicyclic) bond motifs is 14. The summed E-state index contributed by atoms with van der Waals surface area (Å²) in [6, 6.07) is 56.3. The fourth-order valence-corrected chi connectivity index (χ4v) is 11.3. The highest BCUT2D eigenvalue weighted by Gasteiger charge is 2.45. The van der Waals surface area contributed by atoms with Crippen molar-refractivity contribution in [3.05, 3.63) is 210 Å². The SMILES string of the molecule is CC1(C)C2=C(C=CCC2)c2ccc(N(c3ccc(-c4ccccc4)cc3)c3ccc4c(c3)-c3ccc5c(oc6ccccc65)c3C3C=CC=C5c6ccccc6N4C53)cc21. The minimum Gasteiger partial charge on any atom is -0.456 e. The van der Waals surface area contributed by atoms with Gasteiger partial charge in [0.15, 0.2) is 0 Å². The average molecular weight is 771 g/mol. The summed E-state index contributed by atoms with van der Waals surface area (Å²) < 4.78 is 6.91. The van der Waals surface area contributed by atoms with Gasteiger partial charge in [-0.05, 0) is 112 Å². The molecule has 1 aromatic heterocycles. The second-order valence-corrected chi connectivity index (χ2v) is 17.5. The maximum absolute atomic E-state index is 6.91. The quantitative estimate of drug-likeness (QED) is 0.178. The molecule has 0 N–H and O–H groups in total. The lowest BCUT2D eigenvalue weighted by molar-refractivity contribution is 0.607. The Labute approximate surface area is 350 Å². The maximum atomic E-state index is 6.91. The van der Waals surface area contributed by atoms with Gasteiger partial charge in [0.2, 0.25) is 0 Å². The molecule has 0 saturated carbocycles. The van der Waals surface area contributed by atoms with E-state index < -0.39 is 0 Å². The number of furan rings is 1. The van der Waals surface area contributed by atoms with Crippen LogP contribution in [0.4, 0.5) is 28.4 Å². The predicted octanol–water partition coefficient (Wildman–Crippen LogP) is 15.4. The normalized spacial score (nSPS) is 18.7. The van der Waals surface area contributed by atoms with Crippen LogP contribution in [0.2, 0.25) is 0 Å². The van der Waals surface area contributed by atoms with E-state index in [9.17, 15) is 0 Å². The molecule has 0 amide bonds. The Bertz CT molecular complexity index is 3250. The number of rotatable bonds is 4. The number of benzene rings is 7. The van der Waals surface area contributed by atoms with Crippen LogP contribution < -0.4 is 9.80 Å². The summed E-state index contributed by atoms with van der Waals surface area (Å²) in [7, 11) is 0. The van der Waals surface area contributed by atoms with E-state index in [-0.39, 0.29) is 17.4 Å². The van der Waals surface area contributed by atoms with E-state index in [1.54, 1.807) is 5.57 Å². The number of anilines is 5. The van der Waals surface area contributed by atoms with Gasteiger partial charge < -0.3 is 14.2 Å². The zero-order chi connectivity index (χ0) is 39.7. The molecule has 286 valence electrons. The average Bonchev–Trinajstić information content (AvgIpc) is 3.89. The maximum Gasteiger partial charge on any atom is 0.139 e. The Morgan fingerprint density at radius 2 is 1.37 bits per heavy atom. The third-order valence-electron chi connectivity index (χ3n) is 14.1. The largest absolute Gasteiger partial charge is 0.456 e. The van der Waals surface area contributed by atoms with Gasteiger partial charge in [-0.15, -0.1) is 0 Å². The van der Waals surface area contributed by atoms with E-state index in [0.717, 1.165) is 46.5 Å². The van der Waals surface area contributed by atoms with E-state index >= 15 is 0 Å². The van der Waals surface area contributed by atoms with E-state index in [1.165, 1.54) is 72.4 Å². The molecule has 7 aromatic carbocycles. The molecule has 3 heteroatoms. The summed E-state index contributed by atoms with van der Waals surface area (Å²) in [6.07, 6.45) is 13.9. The summed E-state index contributed by atoms with van der Waals surface area (Å²) in [5.41, 5.74) is 22.3. The lowest BCUT2D eigenvalue weighted by Gasteiger charge is -2.33. The number of nitrogens with zero attached hydrogens (tertiary/aromatic N) is 2. The van der Waals surface area contributed by atoms with E-state index in [0.29, 0.717) is 0 Å². The molecule has 0 radical (unpaired) electrons. The van der Waals surface area contributed by atoms with Crippen molar-refractivity contribution < 1.29 is 4.42 Å². The number of para-hydroxylation sites is 2. The second-order valence-electron chi connectivity index (χ2n) is 17.5. The van der Waals surface area contributed by atoms with Crippen LogP contribution in [0, 0.1) is 0 Å². The zero-order valence-electron chi connectivity index (χ0n) is 33.7. The molecule has 0 fully saturated rings. The van der Waals surface area contributed by atoms with Crippen molar-refractivity contribution in [1.82, 2.24) is 0 Å². The van der Waals surface area contributed by atoms with Gasteiger partial charge in [-0.1, -0.05) is 141 Å². The van der Waals surface area contributed by atoms with Crippen molar-refractivity contribution in [2.45, 2.75) is 44.1 Å². The Hall–Kier alpha value is -7.10. The topological polar surface area (TPSA) is 19.6 Å². The first-order valence-corrected chi connectivity index (χ1v) is 21.4. The minimum absolute atomic E-state index is 0.0445. The van der Waals surface area contributed by atoms with Crippen molar-refractivity contribution in [2.24, 2.45) is 0 Å². The van der Waals surface area contributed by atoms with Gasteiger partial charge in [0.25, 0.3) is 0 Å². The first-order valence-electron chi connectivity index (χ1n) is 21.4. The molecule has 5 aliphatic rings. The van der Waals surface area contributed by atoms with Crippen LogP contribution in [0.5, 0.6) is 0 Å². The van der Waals surface area contributed by atoms with E-state index in [4.69, 9.17) is 4.42 Å². The van der Waals surface area contributed by atoms with Crippen LogP contribution in [0.3, 0.4) is 0 Å². The lowest BCUT2D eigenvalue weighted by atomic mass is 9.78. The molecule has 2 unspecified atom stereocenters. The number of hydrogen-bond acceptors (Lipinski definition) is 3. The van der Waals surface area contributed by atoms with Gasteiger partial charge in [-0.3, -0.25) is 0 Å². The third kappa shape index (κ3) is 4.66. The first kappa shape index (κ1) is 33.8. The van der Waals surface area contributed by atoms with Crippen LogP contribution in [-0.4, -0.2) is 6.04 Å². The summed E-state index contributed by atoms with van der Waals surface area (Å²) in [4.78, 5) is 5.09. The van der Waals surface area contributed by atoms with Crippen molar-refractivity contribution >= 4 is 61.5 Å². The van der Waals surface area contributed by atoms with Gasteiger partial charge in [-0.25, -0.2) is 0 Å². The fraction of sp³-hybridized carbons (Fsp3) is 0.123. The van der Waals surface area contributed by atoms with Gasteiger partial charge in [-0.2, -0.15) is 0 Å². The molecule has 3 nitrogen and oxygen atoms in total. The molecule has 13 rings (SSSR count). The molecule has 3 aliphatic carbocycles. The molecule has 60 heavy (non-hydrogen) atoms. The highest BCUT2D eigenvalue weighted by atomic mass is 16.3. The summed E-state index contributed by atoms with van der Waals surface area (Å²) in [5.74, 6) is 0.0840. The number of hydrogen-bond donors (Lipinski definition) is 0. The molecule has 2 aliphatic heterocycles. The Kier molecular flexibility index (Phi) is 7.02. The molecule has 0 saturated heterocycles. The van der Waals surface area contributed by atoms with Crippen molar-refractivity contribution in [2.75, 3.05) is 9.80 Å². The highest BCUT2D eigenvalue weighted by Crippen LogP contribution is 2.59. The Morgan fingerprint density at radius 3 is 2.27 bits per heavy atom. The van der Waals surface area contributed by atoms with Crippen LogP contribution in [0.1, 0.15) is 54.9 Å². The molecule has 2 atom stereocenters. The summed E-state index contributed by atoms with van der Waals surface area (Å²) in [5, 5.41) is 2.33. The fourth-order valence-electron chi connectivity index (χ4n) is 11.3. The first-order chi connectivity index (χ1) is 29.5. The van der Waals surface area contributed by atoms with Gasteiger partial charge >= 0.3 is 0 Å². The second kappa shape index (κ2) is 12.5. The van der Waals surface area contributed by atoms with Crippen LogP contribution in [0.15, 0.2) is 192 Å². The van der Waals surface area contributed by atoms with E-state index in [2.05, 4.69) is 206 Å². The molecule has 8 aromatic rings. The van der Waals surface area contributed by atoms with Crippen molar-refractivity contribution in [3.8, 4) is 22.3 Å². The molecular weight excluding hydrogens is 729 g/mol. The van der Waals surface area contributed by atoms with E-state index in [1.807, 2.05) is 0 Å². The van der Waals surface area contributed by atoms with Crippen LogP contribution >= 0.6 is 0 Å². The predicted molar refractivity (Wildman–Crippen MR) is 250 cm³/mol. The van der Waals surface area contributed by atoms with Crippen LogP contribution in [-0.2, 0) is 5.41 Å². The third-order valence-corrected chi connectivity index (χ3v) is 14.1. The van der Waals surface area contributed by atoms with Gasteiger partial charge in [0, 0.05) is 67.2 Å². The Balaban J connectivity index is 1.06. The summed E-state index contributed by atoms with van der Waals surface area (Å²) >= 11 is 0. The van der Waals surface area contributed by atoms with Gasteiger partial charge in [0.05, 0.1) is 6.04 Å². The summed E-state index contributed by atoms with van der Waals surface area (Å²) in [6.45, 7) is 4.83. The minimum atomic E-state index is -0.0445. The Morgan fingerprint density at radius 1 is 0.633 bits per heavy atom. The van der Waals surface area contributed by atoms with Crippen molar-refractivity contribution in [1.29, 1.82) is 0 Å². The number of allylic oxidation sites excluding steroid dienone is 6. The molecule has 0 spiro atoms. The molecule has 0 bridgehead atoms. The van der Waals surface area contributed by atoms with Gasteiger partial charge in [0.1, 0.15) is 11.2 Å². The van der Waals surface area contributed by atoms with Crippen LogP contribution in [0.25, 0.3) is 55.3 Å². The monoisotopic (exact) mass is 770 g/mol. The lowest BCUT2D eigenvalue weighted by Crippen LogP contribution is -2.32. The smallest absolute Gasteiger partial charge is 0.139 e. The molecular formula is C57H42N2O. The highest BCUT2D eigenvalue weighted by molar-refractivity contribution is 6.10. The van der Waals surface area contributed by atoms with Crippen molar-refractivity contribution in [3.63, 3.8) is 0 Å². The molecule has 3 heterocycles.